The van der Waals surface area contributed by atoms with Gasteiger partial charge in [0.15, 0.2) is 5.82 Å². The number of hydrogen-bond donors (Lipinski definition) is 1. The van der Waals surface area contributed by atoms with Crippen LogP contribution < -0.4 is 5.73 Å². The van der Waals surface area contributed by atoms with Crippen LogP contribution >= 0.6 is 12.4 Å². The van der Waals surface area contributed by atoms with Gasteiger partial charge in [-0.2, -0.15) is 4.98 Å². The van der Waals surface area contributed by atoms with Gasteiger partial charge in [0.25, 0.3) is 0 Å². The number of halogens is 1. The third kappa shape index (κ3) is 3.48. The summed E-state index contributed by atoms with van der Waals surface area (Å²) in [6.07, 6.45) is 10.9. The summed E-state index contributed by atoms with van der Waals surface area (Å²) in [5.74, 6) is 2.82. The average Bonchev–Trinajstić information content (AvgIpc) is 3.02. The van der Waals surface area contributed by atoms with Crippen molar-refractivity contribution in [3.05, 3.63) is 11.7 Å². The third-order valence-electron chi connectivity index (χ3n) is 4.61. The van der Waals surface area contributed by atoms with Crippen LogP contribution in [-0.4, -0.2) is 16.2 Å². The highest BCUT2D eigenvalue weighted by Gasteiger charge is 2.26. The van der Waals surface area contributed by atoms with E-state index >= 15 is 0 Å². The molecule has 0 radical (unpaired) electrons. The average molecular weight is 286 g/mol. The van der Waals surface area contributed by atoms with Gasteiger partial charge in [0.2, 0.25) is 5.89 Å². The minimum Gasteiger partial charge on any atom is -0.339 e. The van der Waals surface area contributed by atoms with Crippen molar-refractivity contribution in [1.82, 2.24) is 10.1 Å². The van der Waals surface area contributed by atoms with E-state index in [1.165, 1.54) is 44.9 Å². The SMILES string of the molecule is Cl.NC1CCCCC1Cc1nc(C2CCCC2)no1. The molecule has 5 heteroatoms. The highest BCUT2D eigenvalue weighted by Crippen LogP contribution is 2.33. The summed E-state index contributed by atoms with van der Waals surface area (Å²) in [4.78, 5) is 4.59. The largest absolute Gasteiger partial charge is 0.339 e. The Morgan fingerprint density at radius 1 is 1.05 bits per heavy atom. The van der Waals surface area contributed by atoms with E-state index in [0.29, 0.717) is 17.9 Å². The van der Waals surface area contributed by atoms with E-state index in [9.17, 15) is 0 Å². The molecule has 2 unspecified atom stereocenters. The van der Waals surface area contributed by atoms with Crippen LogP contribution in [0.4, 0.5) is 0 Å². The number of hydrogen-bond acceptors (Lipinski definition) is 4. The second kappa shape index (κ2) is 6.71. The molecule has 2 saturated carbocycles. The second-order valence-electron chi connectivity index (χ2n) is 5.94. The zero-order chi connectivity index (χ0) is 12.4. The van der Waals surface area contributed by atoms with E-state index in [-0.39, 0.29) is 12.4 Å². The lowest BCUT2D eigenvalue weighted by molar-refractivity contribution is 0.272. The van der Waals surface area contributed by atoms with Crippen molar-refractivity contribution in [2.24, 2.45) is 11.7 Å². The van der Waals surface area contributed by atoms with E-state index in [1.807, 2.05) is 0 Å². The molecule has 2 atom stereocenters. The van der Waals surface area contributed by atoms with E-state index in [1.54, 1.807) is 0 Å². The van der Waals surface area contributed by atoms with Gasteiger partial charge in [-0.15, -0.1) is 12.4 Å². The first-order valence-corrected chi connectivity index (χ1v) is 7.41. The Bertz CT molecular complexity index is 390. The molecule has 2 aliphatic rings. The molecule has 4 nitrogen and oxygen atoms in total. The summed E-state index contributed by atoms with van der Waals surface area (Å²) in [7, 11) is 0. The van der Waals surface area contributed by atoms with Crippen LogP contribution in [0.3, 0.4) is 0 Å². The molecule has 0 aliphatic heterocycles. The van der Waals surface area contributed by atoms with Crippen molar-refractivity contribution >= 4 is 12.4 Å². The Hall–Kier alpha value is -0.610. The summed E-state index contributed by atoms with van der Waals surface area (Å²) in [6.45, 7) is 0. The molecule has 3 rings (SSSR count). The zero-order valence-electron chi connectivity index (χ0n) is 11.4. The van der Waals surface area contributed by atoms with Crippen molar-refractivity contribution in [3.8, 4) is 0 Å². The molecule has 108 valence electrons. The Morgan fingerprint density at radius 3 is 2.47 bits per heavy atom. The third-order valence-corrected chi connectivity index (χ3v) is 4.61. The first-order valence-electron chi connectivity index (χ1n) is 7.41. The van der Waals surface area contributed by atoms with Gasteiger partial charge >= 0.3 is 0 Å². The number of rotatable bonds is 3. The number of nitrogens with two attached hydrogens (primary N) is 1. The molecule has 1 heterocycles. The molecule has 2 aliphatic carbocycles. The summed E-state index contributed by atoms with van der Waals surface area (Å²) in [6, 6.07) is 0.320. The molecule has 2 N–H and O–H groups in total. The van der Waals surface area contributed by atoms with Crippen molar-refractivity contribution in [3.63, 3.8) is 0 Å². The molecule has 0 saturated heterocycles. The standard InChI is InChI=1S/C14H23N3O.ClH/c15-12-8-4-3-7-11(12)9-13-16-14(17-18-13)10-5-1-2-6-10;/h10-12H,1-9,15H2;1H. The molecular weight excluding hydrogens is 262 g/mol. The van der Waals surface area contributed by atoms with Gasteiger partial charge in [0.05, 0.1) is 0 Å². The highest BCUT2D eigenvalue weighted by molar-refractivity contribution is 5.85. The fourth-order valence-electron chi connectivity index (χ4n) is 3.41. The molecule has 2 fully saturated rings. The highest BCUT2D eigenvalue weighted by atomic mass is 35.5. The van der Waals surface area contributed by atoms with Crippen LogP contribution in [0.5, 0.6) is 0 Å². The fraction of sp³-hybridized carbons (Fsp3) is 0.857. The second-order valence-corrected chi connectivity index (χ2v) is 5.94. The predicted octanol–water partition coefficient (Wildman–Crippen LogP) is 3.21. The van der Waals surface area contributed by atoms with Crippen LogP contribution in [-0.2, 0) is 6.42 Å². The molecule has 0 bridgehead atoms. The summed E-state index contributed by atoms with van der Waals surface area (Å²) in [5.41, 5.74) is 6.17. The van der Waals surface area contributed by atoms with Crippen LogP contribution in [0.1, 0.15) is 69.0 Å². The van der Waals surface area contributed by atoms with Crippen molar-refractivity contribution in [2.75, 3.05) is 0 Å². The van der Waals surface area contributed by atoms with Gasteiger partial charge in [-0.1, -0.05) is 30.8 Å². The van der Waals surface area contributed by atoms with Crippen LogP contribution in [0.2, 0.25) is 0 Å². The summed E-state index contributed by atoms with van der Waals surface area (Å²) in [5, 5.41) is 4.16. The Balaban J connectivity index is 0.00000133. The Labute approximate surface area is 120 Å². The van der Waals surface area contributed by atoms with Crippen molar-refractivity contribution < 1.29 is 4.52 Å². The maximum Gasteiger partial charge on any atom is 0.226 e. The van der Waals surface area contributed by atoms with Crippen molar-refractivity contribution in [1.29, 1.82) is 0 Å². The van der Waals surface area contributed by atoms with Gasteiger partial charge in [-0.05, 0) is 31.6 Å². The molecule has 1 aromatic heterocycles. The quantitative estimate of drug-likeness (QED) is 0.926. The topological polar surface area (TPSA) is 64.9 Å². The van der Waals surface area contributed by atoms with Gasteiger partial charge in [0.1, 0.15) is 0 Å². The molecule has 0 amide bonds. The van der Waals surface area contributed by atoms with Gasteiger partial charge in [-0.3, -0.25) is 0 Å². The zero-order valence-corrected chi connectivity index (χ0v) is 12.2. The molecule has 1 aromatic rings. The normalized spacial score (nSPS) is 28.3. The minimum absolute atomic E-state index is 0. The first-order chi connectivity index (χ1) is 8.83. The van der Waals surface area contributed by atoms with Gasteiger partial charge < -0.3 is 10.3 Å². The van der Waals surface area contributed by atoms with Crippen molar-refractivity contribution in [2.45, 2.75) is 69.7 Å². The minimum atomic E-state index is 0. The Morgan fingerprint density at radius 2 is 1.74 bits per heavy atom. The number of nitrogens with zero attached hydrogens (tertiary/aromatic N) is 2. The van der Waals surface area contributed by atoms with E-state index in [4.69, 9.17) is 10.3 Å². The molecule has 0 spiro atoms. The first kappa shape index (κ1) is 14.8. The fourth-order valence-corrected chi connectivity index (χ4v) is 3.41. The van der Waals surface area contributed by atoms with Crippen LogP contribution in [0, 0.1) is 5.92 Å². The van der Waals surface area contributed by atoms with E-state index < -0.39 is 0 Å². The van der Waals surface area contributed by atoms with Crippen LogP contribution in [0.25, 0.3) is 0 Å². The van der Waals surface area contributed by atoms with E-state index in [0.717, 1.165) is 24.6 Å². The molecule has 19 heavy (non-hydrogen) atoms. The maximum absolute atomic E-state index is 6.17. The lowest BCUT2D eigenvalue weighted by Gasteiger charge is -2.27. The predicted molar refractivity (Wildman–Crippen MR) is 76.4 cm³/mol. The molecule has 0 aromatic carbocycles. The maximum atomic E-state index is 6.17. The Kier molecular flexibility index (Phi) is 5.22. The lowest BCUT2D eigenvalue weighted by atomic mass is 9.83. The summed E-state index contributed by atoms with van der Waals surface area (Å²) < 4.78 is 5.41. The van der Waals surface area contributed by atoms with Crippen LogP contribution in [0.15, 0.2) is 4.52 Å². The molecular formula is C14H24ClN3O. The monoisotopic (exact) mass is 285 g/mol. The smallest absolute Gasteiger partial charge is 0.226 e. The van der Waals surface area contributed by atoms with Gasteiger partial charge in [0, 0.05) is 18.4 Å². The lowest BCUT2D eigenvalue weighted by Crippen LogP contribution is -2.34. The summed E-state index contributed by atoms with van der Waals surface area (Å²) >= 11 is 0. The van der Waals surface area contributed by atoms with Gasteiger partial charge in [-0.25, -0.2) is 0 Å². The van der Waals surface area contributed by atoms with E-state index in [2.05, 4.69) is 10.1 Å². The number of aromatic nitrogens is 2.